The summed E-state index contributed by atoms with van der Waals surface area (Å²) < 4.78 is 13.4. The molecule has 0 heterocycles. The second-order valence-electron chi connectivity index (χ2n) is 5.42. The number of hydrogen-bond acceptors (Lipinski definition) is 1. The van der Waals surface area contributed by atoms with Crippen molar-refractivity contribution in [3.8, 4) is 0 Å². The van der Waals surface area contributed by atoms with Crippen LogP contribution in [0.1, 0.15) is 39.7 Å². The summed E-state index contributed by atoms with van der Waals surface area (Å²) in [6.07, 6.45) is 5.59. The number of carbonyl (C=O) groups is 1. The van der Waals surface area contributed by atoms with Crippen LogP contribution in [0.2, 0.25) is 0 Å². The lowest BCUT2D eigenvalue weighted by atomic mass is 9.78. The Morgan fingerprint density at radius 3 is 2.53 bits per heavy atom. The highest BCUT2D eigenvalue weighted by atomic mass is 19.1. The van der Waals surface area contributed by atoms with E-state index in [0.29, 0.717) is 5.57 Å². The monoisotopic (exact) mass is 260 g/mol. The predicted molar refractivity (Wildman–Crippen MR) is 77.6 cm³/mol. The Labute approximate surface area is 114 Å². The zero-order valence-electron chi connectivity index (χ0n) is 12.0. The van der Waals surface area contributed by atoms with Gasteiger partial charge < -0.3 is 0 Å². The van der Waals surface area contributed by atoms with E-state index in [4.69, 9.17) is 0 Å². The van der Waals surface area contributed by atoms with Gasteiger partial charge >= 0.3 is 0 Å². The van der Waals surface area contributed by atoms with Gasteiger partial charge in [-0.15, -0.1) is 0 Å². The molecule has 1 aromatic rings. The average Bonchev–Trinajstić information content (AvgIpc) is 2.36. The Balaban J connectivity index is 3.25. The number of hydrogen-bond donors (Lipinski definition) is 0. The molecule has 19 heavy (non-hydrogen) atoms. The van der Waals surface area contributed by atoms with Crippen LogP contribution in [-0.4, -0.2) is 6.29 Å². The second-order valence-corrected chi connectivity index (χ2v) is 5.42. The lowest BCUT2D eigenvalue weighted by Crippen LogP contribution is -2.19. The summed E-state index contributed by atoms with van der Waals surface area (Å²) in [5, 5.41) is 0. The van der Waals surface area contributed by atoms with Crippen molar-refractivity contribution in [1.82, 2.24) is 0 Å². The zero-order chi connectivity index (χ0) is 14.5. The van der Waals surface area contributed by atoms with Crippen LogP contribution in [0.4, 0.5) is 4.39 Å². The molecule has 1 nitrogen and oxygen atoms in total. The third kappa shape index (κ3) is 4.47. The first-order chi connectivity index (χ1) is 8.87. The van der Waals surface area contributed by atoms with Crippen LogP contribution in [0.15, 0.2) is 47.6 Å². The highest BCUT2D eigenvalue weighted by molar-refractivity contribution is 5.72. The second kappa shape index (κ2) is 6.46. The van der Waals surface area contributed by atoms with Crippen LogP contribution in [0.5, 0.6) is 0 Å². The van der Waals surface area contributed by atoms with E-state index < -0.39 is 0 Å². The van der Waals surface area contributed by atoms with E-state index >= 15 is 0 Å². The molecule has 0 bridgehead atoms. The van der Waals surface area contributed by atoms with Gasteiger partial charge in [0.15, 0.2) is 0 Å². The molecule has 0 aliphatic carbocycles. The summed E-state index contributed by atoms with van der Waals surface area (Å²) in [6, 6.07) is 6.57. The number of halogens is 1. The van der Waals surface area contributed by atoms with Crippen LogP contribution in [0.3, 0.4) is 0 Å². The third-order valence-electron chi connectivity index (χ3n) is 3.15. The fourth-order valence-electron chi connectivity index (χ4n) is 2.06. The van der Waals surface area contributed by atoms with E-state index in [9.17, 15) is 9.18 Å². The third-order valence-corrected chi connectivity index (χ3v) is 3.15. The molecule has 0 N–H and O–H groups in total. The SMILES string of the molecule is CC(C)=CCC(C)(/C=C(\C)C=O)c1cccc(F)c1. The van der Waals surface area contributed by atoms with E-state index in [1.54, 1.807) is 13.0 Å². The normalized spacial score (nSPS) is 14.7. The predicted octanol–water partition coefficient (Wildman–Crippen LogP) is 4.58. The molecular formula is C17H21FO. The maximum atomic E-state index is 13.4. The molecule has 102 valence electrons. The molecule has 1 unspecified atom stereocenters. The lowest BCUT2D eigenvalue weighted by molar-refractivity contribution is -0.104. The molecule has 1 rings (SSSR count). The van der Waals surface area contributed by atoms with Crippen LogP contribution in [-0.2, 0) is 10.2 Å². The van der Waals surface area contributed by atoms with Gasteiger partial charge in [-0.25, -0.2) is 4.39 Å². The Hall–Kier alpha value is -1.70. The summed E-state index contributed by atoms with van der Waals surface area (Å²) >= 11 is 0. The van der Waals surface area contributed by atoms with E-state index in [-0.39, 0.29) is 11.2 Å². The highest BCUT2D eigenvalue weighted by Crippen LogP contribution is 2.31. The number of rotatable bonds is 5. The van der Waals surface area contributed by atoms with Gasteiger partial charge in [0.1, 0.15) is 12.1 Å². The first kappa shape index (κ1) is 15.4. The van der Waals surface area contributed by atoms with Crippen LogP contribution < -0.4 is 0 Å². The molecule has 0 aliphatic rings. The molecule has 0 radical (unpaired) electrons. The molecule has 0 aliphatic heterocycles. The van der Waals surface area contributed by atoms with Gasteiger partial charge in [0.05, 0.1) is 0 Å². The van der Waals surface area contributed by atoms with E-state index in [0.717, 1.165) is 18.3 Å². The summed E-state index contributed by atoms with van der Waals surface area (Å²) in [5.74, 6) is -0.252. The minimum absolute atomic E-state index is 0.252. The Morgan fingerprint density at radius 1 is 1.32 bits per heavy atom. The maximum Gasteiger partial charge on any atom is 0.145 e. The summed E-state index contributed by atoms with van der Waals surface area (Å²) in [7, 11) is 0. The van der Waals surface area contributed by atoms with Crippen LogP contribution in [0.25, 0.3) is 0 Å². The summed E-state index contributed by atoms with van der Waals surface area (Å²) in [4.78, 5) is 10.9. The van der Waals surface area contributed by atoms with Crippen LogP contribution >= 0.6 is 0 Å². The molecule has 1 atom stereocenters. The molecule has 0 saturated carbocycles. The zero-order valence-corrected chi connectivity index (χ0v) is 12.0. The highest BCUT2D eigenvalue weighted by Gasteiger charge is 2.23. The fourth-order valence-corrected chi connectivity index (χ4v) is 2.06. The Morgan fingerprint density at radius 2 is 2.00 bits per heavy atom. The van der Waals surface area contributed by atoms with Gasteiger partial charge in [-0.05, 0) is 50.5 Å². The summed E-state index contributed by atoms with van der Waals surface area (Å²) in [6.45, 7) is 7.85. The van der Waals surface area contributed by atoms with Gasteiger partial charge in [0.2, 0.25) is 0 Å². The van der Waals surface area contributed by atoms with Gasteiger partial charge in [-0.2, -0.15) is 0 Å². The van der Waals surface area contributed by atoms with Crippen LogP contribution in [0, 0.1) is 5.82 Å². The minimum atomic E-state index is -0.371. The molecule has 0 aromatic heterocycles. The average molecular weight is 260 g/mol. The molecular weight excluding hydrogens is 239 g/mol. The van der Waals surface area contributed by atoms with Crippen molar-refractivity contribution in [3.05, 3.63) is 58.9 Å². The lowest BCUT2D eigenvalue weighted by Gasteiger charge is -2.26. The molecule has 0 fully saturated rings. The van der Waals surface area contributed by atoms with Crippen molar-refractivity contribution in [2.24, 2.45) is 0 Å². The van der Waals surface area contributed by atoms with Crippen molar-refractivity contribution >= 4 is 6.29 Å². The topological polar surface area (TPSA) is 17.1 Å². The van der Waals surface area contributed by atoms with Crippen molar-refractivity contribution in [2.45, 2.75) is 39.5 Å². The first-order valence-electron chi connectivity index (χ1n) is 6.41. The van der Waals surface area contributed by atoms with E-state index in [2.05, 4.69) is 6.08 Å². The van der Waals surface area contributed by atoms with E-state index in [1.165, 1.54) is 17.7 Å². The Kier molecular flexibility index (Phi) is 5.22. The number of carbonyl (C=O) groups excluding carboxylic acids is 1. The number of benzene rings is 1. The molecule has 0 saturated heterocycles. The van der Waals surface area contributed by atoms with Crippen molar-refractivity contribution in [2.75, 3.05) is 0 Å². The summed E-state index contributed by atoms with van der Waals surface area (Å²) in [5.41, 5.74) is 2.38. The molecule has 0 amide bonds. The Bertz CT molecular complexity index is 510. The smallest absolute Gasteiger partial charge is 0.145 e. The number of aldehydes is 1. The fraction of sp³-hybridized carbons (Fsp3) is 0.353. The molecule has 0 spiro atoms. The van der Waals surface area contributed by atoms with Crippen molar-refractivity contribution in [1.29, 1.82) is 0 Å². The van der Waals surface area contributed by atoms with Gasteiger partial charge in [-0.1, -0.05) is 36.8 Å². The first-order valence-corrected chi connectivity index (χ1v) is 6.41. The number of allylic oxidation sites excluding steroid dienone is 4. The van der Waals surface area contributed by atoms with Gasteiger partial charge in [0.25, 0.3) is 0 Å². The van der Waals surface area contributed by atoms with Gasteiger partial charge in [0, 0.05) is 5.41 Å². The van der Waals surface area contributed by atoms with Crippen molar-refractivity contribution in [3.63, 3.8) is 0 Å². The standard InChI is InChI=1S/C17H21FO/c1-13(2)8-9-17(4,11-14(3)12-19)15-6-5-7-16(18)10-15/h5-8,10-12H,9H2,1-4H3/b14-11+. The van der Waals surface area contributed by atoms with Gasteiger partial charge in [-0.3, -0.25) is 4.79 Å². The van der Waals surface area contributed by atoms with Crippen molar-refractivity contribution < 1.29 is 9.18 Å². The molecule has 1 aromatic carbocycles. The molecule has 2 heteroatoms. The van der Waals surface area contributed by atoms with E-state index in [1.807, 2.05) is 32.9 Å². The maximum absolute atomic E-state index is 13.4. The largest absolute Gasteiger partial charge is 0.298 e. The minimum Gasteiger partial charge on any atom is -0.298 e. The quantitative estimate of drug-likeness (QED) is 0.430.